The molecule has 3 aromatic heterocycles. The van der Waals surface area contributed by atoms with E-state index in [2.05, 4.69) is 41.2 Å². The van der Waals surface area contributed by atoms with Crippen LogP contribution >= 0.6 is 34.5 Å². The number of furan rings is 1. The summed E-state index contributed by atoms with van der Waals surface area (Å²) in [5, 5.41) is 21.7. The fourth-order valence-corrected chi connectivity index (χ4v) is 3.72. The van der Waals surface area contributed by atoms with E-state index in [1.807, 2.05) is 0 Å². The first-order chi connectivity index (χ1) is 15.5. The van der Waals surface area contributed by atoms with E-state index in [-0.39, 0.29) is 17.4 Å². The number of amides is 2. The van der Waals surface area contributed by atoms with Gasteiger partial charge in [-0.3, -0.25) is 20.0 Å². The molecule has 3 heterocycles. The number of nitrogens with one attached hydrogen (secondary N) is 3. The predicted octanol–water partition coefficient (Wildman–Crippen LogP) is 3.17. The van der Waals surface area contributed by atoms with Gasteiger partial charge < -0.3 is 4.42 Å². The Morgan fingerprint density at radius 3 is 2.75 bits per heavy atom. The summed E-state index contributed by atoms with van der Waals surface area (Å²) < 4.78 is 5.66. The first-order valence-corrected chi connectivity index (χ1v) is 10.4. The van der Waals surface area contributed by atoms with Crippen LogP contribution in [-0.2, 0) is 11.2 Å². The van der Waals surface area contributed by atoms with Crippen molar-refractivity contribution in [1.29, 1.82) is 0 Å². The minimum atomic E-state index is -0.517. The van der Waals surface area contributed by atoms with Gasteiger partial charge in [0.1, 0.15) is 22.9 Å². The molecule has 0 fully saturated rings. The maximum absolute atomic E-state index is 12.1. The lowest BCUT2D eigenvalue weighted by Gasteiger charge is -1.99. The predicted molar refractivity (Wildman–Crippen MR) is 118 cm³/mol. The third kappa shape index (κ3) is 5.55. The molecule has 4 rings (SSSR count). The SMILES string of the molecule is O=C(Cc1nnc(NC(=O)c2ncn[nH]2)s1)N/N=C/c1ccc(-c2cc(Cl)cc(Cl)c2)o1. The largest absolute Gasteiger partial charge is 0.455 e. The summed E-state index contributed by atoms with van der Waals surface area (Å²) in [6.45, 7) is 0. The first-order valence-electron chi connectivity index (χ1n) is 8.83. The van der Waals surface area contributed by atoms with E-state index in [1.54, 1.807) is 30.3 Å². The number of hydrazone groups is 1. The second-order valence-electron chi connectivity index (χ2n) is 6.12. The highest BCUT2D eigenvalue weighted by Gasteiger charge is 2.14. The Bertz CT molecular complexity index is 1260. The third-order valence-corrected chi connectivity index (χ3v) is 5.06. The number of nitrogens with zero attached hydrogens (tertiary/aromatic N) is 5. The number of hydrogen-bond donors (Lipinski definition) is 3. The molecule has 162 valence electrons. The molecule has 0 bridgehead atoms. The highest BCUT2D eigenvalue weighted by molar-refractivity contribution is 7.15. The molecule has 0 aliphatic heterocycles. The Labute approximate surface area is 193 Å². The van der Waals surface area contributed by atoms with E-state index in [4.69, 9.17) is 27.6 Å². The van der Waals surface area contributed by atoms with Gasteiger partial charge in [-0.05, 0) is 30.3 Å². The molecule has 1 aromatic carbocycles. The molecule has 2 amide bonds. The maximum atomic E-state index is 12.1. The Balaban J connectivity index is 1.29. The average molecular weight is 491 g/mol. The molecule has 14 heteroatoms. The van der Waals surface area contributed by atoms with Gasteiger partial charge in [-0.2, -0.15) is 10.2 Å². The molecule has 32 heavy (non-hydrogen) atoms. The van der Waals surface area contributed by atoms with E-state index in [0.717, 1.165) is 11.3 Å². The Hall–Kier alpha value is -3.61. The maximum Gasteiger partial charge on any atom is 0.294 e. The molecule has 0 saturated heterocycles. The summed E-state index contributed by atoms with van der Waals surface area (Å²) in [6.07, 6.45) is 2.50. The fourth-order valence-electron chi connectivity index (χ4n) is 2.46. The lowest BCUT2D eigenvalue weighted by atomic mass is 10.2. The number of carbonyl (C=O) groups is 2. The molecule has 3 N–H and O–H groups in total. The molecule has 0 aliphatic carbocycles. The van der Waals surface area contributed by atoms with Crippen molar-refractivity contribution in [3.63, 3.8) is 0 Å². The first kappa shape index (κ1) is 21.6. The van der Waals surface area contributed by atoms with Crippen LogP contribution in [0.25, 0.3) is 11.3 Å². The normalized spacial score (nSPS) is 11.1. The third-order valence-electron chi connectivity index (χ3n) is 3.78. The summed E-state index contributed by atoms with van der Waals surface area (Å²) >= 11 is 13.1. The standard InChI is InChI=1S/C18H12Cl2N8O3S/c19-10-3-9(4-11(20)5-10)13-2-1-12(31-13)7-22-25-14(29)6-15-26-28-18(32-15)24-17(30)16-21-8-23-27-16/h1-5,7-8H,6H2,(H,25,29)(H,21,23,27)(H,24,28,30)/b22-7+. The van der Waals surface area contributed by atoms with Crippen molar-refractivity contribution in [1.82, 2.24) is 30.8 Å². The zero-order valence-corrected chi connectivity index (χ0v) is 18.2. The number of aromatic nitrogens is 5. The van der Waals surface area contributed by atoms with E-state index in [0.29, 0.717) is 32.1 Å². The highest BCUT2D eigenvalue weighted by Crippen LogP contribution is 2.28. The summed E-state index contributed by atoms with van der Waals surface area (Å²) in [6, 6.07) is 8.49. The summed E-state index contributed by atoms with van der Waals surface area (Å²) in [7, 11) is 0. The zero-order chi connectivity index (χ0) is 22.5. The molecule has 0 saturated carbocycles. The van der Waals surface area contributed by atoms with Gasteiger partial charge in [0.25, 0.3) is 5.91 Å². The quantitative estimate of drug-likeness (QED) is 0.265. The molecule has 0 radical (unpaired) electrons. The average Bonchev–Trinajstić information content (AvgIpc) is 3.49. The number of halogens is 2. The molecular weight excluding hydrogens is 479 g/mol. The second-order valence-corrected chi connectivity index (χ2v) is 8.05. The van der Waals surface area contributed by atoms with Crippen LogP contribution in [0.15, 0.2) is 46.2 Å². The highest BCUT2D eigenvalue weighted by atomic mass is 35.5. The summed E-state index contributed by atoms with van der Waals surface area (Å²) in [5.41, 5.74) is 3.09. The van der Waals surface area contributed by atoms with Gasteiger partial charge in [0.05, 0.1) is 12.6 Å². The van der Waals surface area contributed by atoms with E-state index in [9.17, 15) is 9.59 Å². The molecular formula is C18H12Cl2N8O3S. The monoisotopic (exact) mass is 490 g/mol. The van der Waals surface area contributed by atoms with Crippen LogP contribution in [0.1, 0.15) is 21.4 Å². The smallest absolute Gasteiger partial charge is 0.294 e. The van der Waals surface area contributed by atoms with Crippen molar-refractivity contribution in [2.24, 2.45) is 5.10 Å². The van der Waals surface area contributed by atoms with Gasteiger partial charge in [0.15, 0.2) is 0 Å². The molecule has 4 aromatic rings. The Kier molecular flexibility index (Phi) is 6.54. The lowest BCUT2D eigenvalue weighted by molar-refractivity contribution is -0.120. The van der Waals surface area contributed by atoms with Crippen molar-refractivity contribution in [3.8, 4) is 11.3 Å². The van der Waals surface area contributed by atoms with Crippen molar-refractivity contribution in [2.75, 3.05) is 5.32 Å². The topological polar surface area (TPSA) is 151 Å². The summed E-state index contributed by atoms with van der Waals surface area (Å²) in [4.78, 5) is 27.7. The number of H-pyrrole nitrogens is 1. The zero-order valence-electron chi connectivity index (χ0n) is 15.9. The minimum Gasteiger partial charge on any atom is -0.455 e. The van der Waals surface area contributed by atoms with Gasteiger partial charge in [0.2, 0.25) is 16.9 Å². The number of aromatic amines is 1. The van der Waals surface area contributed by atoms with Crippen LogP contribution < -0.4 is 10.7 Å². The van der Waals surface area contributed by atoms with Crippen LogP contribution in [0.5, 0.6) is 0 Å². The van der Waals surface area contributed by atoms with E-state index in [1.165, 1.54) is 12.5 Å². The molecule has 11 nitrogen and oxygen atoms in total. The fraction of sp³-hybridized carbons (Fsp3) is 0.0556. The van der Waals surface area contributed by atoms with Gasteiger partial charge in [0, 0.05) is 15.6 Å². The van der Waals surface area contributed by atoms with Crippen molar-refractivity contribution < 1.29 is 14.0 Å². The number of anilines is 1. The number of hydrogen-bond acceptors (Lipinski definition) is 9. The van der Waals surface area contributed by atoms with Crippen LogP contribution in [0, 0.1) is 0 Å². The second kappa shape index (κ2) is 9.68. The van der Waals surface area contributed by atoms with Crippen molar-refractivity contribution in [2.45, 2.75) is 6.42 Å². The lowest BCUT2D eigenvalue weighted by Crippen LogP contribution is -2.19. The van der Waals surface area contributed by atoms with Gasteiger partial charge in [-0.15, -0.1) is 10.2 Å². The number of benzene rings is 1. The molecule has 0 atom stereocenters. The Morgan fingerprint density at radius 1 is 1.19 bits per heavy atom. The van der Waals surface area contributed by atoms with Crippen LogP contribution in [0.2, 0.25) is 10.0 Å². The van der Waals surface area contributed by atoms with Crippen molar-refractivity contribution >= 4 is 57.7 Å². The van der Waals surface area contributed by atoms with Crippen LogP contribution in [0.4, 0.5) is 5.13 Å². The molecule has 0 aliphatic rings. The number of carbonyl (C=O) groups excluding carboxylic acids is 2. The summed E-state index contributed by atoms with van der Waals surface area (Å²) in [5.74, 6) is 0.0741. The van der Waals surface area contributed by atoms with Crippen molar-refractivity contribution in [3.05, 3.63) is 63.3 Å². The van der Waals surface area contributed by atoms with E-state index >= 15 is 0 Å². The minimum absolute atomic E-state index is 0.0355. The van der Waals surface area contributed by atoms with Gasteiger partial charge in [-0.1, -0.05) is 34.5 Å². The van der Waals surface area contributed by atoms with Gasteiger partial charge in [-0.25, -0.2) is 10.4 Å². The molecule has 0 unspecified atom stereocenters. The van der Waals surface area contributed by atoms with E-state index < -0.39 is 11.8 Å². The molecule has 0 spiro atoms. The van der Waals surface area contributed by atoms with Gasteiger partial charge >= 0.3 is 0 Å². The Morgan fingerprint density at radius 2 is 2.00 bits per heavy atom. The van der Waals surface area contributed by atoms with Crippen LogP contribution in [-0.4, -0.2) is 43.4 Å². The number of rotatable bonds is 7. The van der Waals surface area contributed by atoms with Crippen LogP contribution in [0.3, 0.4) is 0 Å².